The monoisotopic (exact) mass is 300 g/mol. The molecule has 1 amide bonds. The Bertz CT molecular complexity index is 574. The molecule has 0 saturated heterocycles. The molecule has 0 atom stereocenters. The van der Waals surface area contributed by atoms with E-state index in [-0.39, 0.29) is 5.91 Å². The Balaban J connectivity index is 1.91. The molecule has 0 aliphatic rings. The molecular weight excluding hydrogens is 276 g/mol. The highest BCUT2D eigenvalue weighted by molar-refractivity contribution is 5.76. The van der Waals surface area contributed by atoms with E-state index in [1.165, 1.54) is 0 Å². The Kier molecular flexibility index (Phi) is 5.64. The molecule has 2 aromatic rings. The molecule has 118 valence electrons. The molecule has 0 aliphatic heterocycles. The lowest BCUT2D eigenvalue weighted by Crippen LogP contribution is -2.30. The van der Waals surface area contributed by atoms with Crippen LogP contribution in [0.3, 0.4) is 0 Å². The third-order valence-corrected chi connectivity index (χ3v) is 3.73. The molecule has 0 aliphatic carbocycles. The van der Waals surface area contributed by atoms with Gasteiger partial charge in [-0.05, 0) is 36.8 Å². The third-order valence-electron chi connectivity index (χ3n) is 3.73. The van der Waals surface area contributed by atoms with Crippen molar-refractivity contribution in [3.63, 3.8) is 0 Å². The first kappa shape index (κ1) is 16.1. The Morgan fingerprint density at radius 2 is 1.86 bits per heavy atom. The van der Waals surface area contributed by atoms with Crippen LogP contribution in [0.15, 0.2) is 47.1 Å². The molecule has 2 rings (SSSR count). The molecule has 1 aromatic heterocycles. The van der Waals surface area contributed by atoms with Crippen molar-refractivity contribution in [2.24, 2.45) is 0 Å². The quantitative estimate of drug-likeness (QED) is 0.787. The number of benzene rings is 1. The van der Waals surface area contributed by atoms with Gasteiger partial charge in [0.15, 0.2) is 0 Å². The average Bonchev–Trinajstić information content (AvgIpc) is 3.04. The Morgan fingerprint density at radius 1 is 1.14 bits per heavy atom. The van der Waals surface area contributed by atoms with E-state index in [0.717, 1.165) is 17.0 Å². The van der Waals surface area contributed by atoms with Gasteiger partial charge >= 0.3 is 0 Å². The molecule has 0 saturated carbocycles. The first-order chi connectivity index (χ1) is 10.6. The minimum absolute atomic E-state index is 0.163. The molecule has 1 aromatic carbocycles. The summed E-state index contributed by atoms with van der Waals surface area (Å²) in [7, 11) is 4.04. The van der Waals surface area contributed by atoms with E-state index in [0.29, 0.717) is 25.9 Å². The zero-order chi connectivity index (χ0) is 15.9. The summed E-state index contributed by atoms with van der Waals surface area (Å²) in [6.07, 6.45) is 2.78. The van der Waals surface area contributed by atoms with E-state index in [2.05, 4.69) is 29.2 Å². The number of anilines is 1. The summed E-state index contributed by atoms with van der Waals surface area (Å²) >= 11 is 0. The predicted molar refractivity (Wildman–Crippen MR) is 88.9 cm³/mol. The van der Waals surface area contributed by atoms with Gasteiger partial charge < -0.3 is 14.2 Å². The van der Waals surface area contributed by atoms with Crippen LogP contribution >= 0.6 is 0 Å². The lowest BCUT2D eigenvalue weighted by molar-refractivity contribution is -0.131. The summed E-state index contributed by atoms with van der Waals surface area (Å²) in [5, 5.41) is 0. The number of rotatable bonds is 7. The molecule has 4 nitrogen and oxygen atoms in total. The van der Waals surface area contributed by atoms with E-state index in [9.17, 15) is 4.79 Å². The maximum atomic E-state index is 12.3. The van der Waals surface area contributed by atoms with Crippen LogP contribution in [-0.4, -0.2) is 31.4 Å². The van der Waals surface area contributed by atoms with Crippen molar-refractivity contribution in [2.45, 2.75) is 26.3 Å². The number of nitrogens with zero attached hydrogens (tertiary/aromatic N) is 2. The van der Waals surface area contributed by atoms with Crippen molar-refractivity contribution in [1.82, 2.24) is 4.90 Å². The van der Waals surface area contributed by atoms with Gasteiger partial charge in [-0.15, -0.1) is 0 Å². The van der Waals surface area contributed by atoms with Crippen LogP contribution in [0.25, 0.3) is 0 Å². The van der Waals surface area contributed by atoms with Crippen molar-refractivity contribution < 1.29 is 9.21 Å². The number of furan rings is 1. The SMILES string of the molecule is CCN(Cc1ccc(N(C)C)cc1)C(=O)CCc1ccco1. The lowest BCUT2D eigenvalue weighted by atomic mass is 10.1. The van der Waals surface area contributed by atoms with Crippen LogP contribution in [0.2, 0.25) is 0 Å². The van der Waals surface area contributed by atoms with Crippen LogP contribution in [0.4, 0.5) is 5.69 Å². The second-order valence-corrected chi connectivity index (χ2v) is 5.55. The molecule has 0 radical (unpaired) electrons. The summed E-state index contributed by atoms with van der Waals surface area (Å²) in [6.45, 7) is 3.38. The molecular formula is C18H24N2O2. The van der Waals surface area contributed by atoms with Gasteiger partial charge in [0.05, 0.1) is 6.26 Å². The van der Waals surface area contributed by atoms with Crippen LogP contribution < -0.4 is 4.90 Å². The standard InChI is InChI=1S/C18H24N2O2/c1-4-20(18(21)12-11-17-6-5-13-22-17)14-15-7-9-16(10-8-15)19(2)3/h5-10,13H,4,11-12,14H2,1-3H3. The van der Waals surface area contributed by atoms with Crippen molar-refractivity contribution >= 4 is 11.6 Å². The Hall–Kier alpha value is -2.23. The summed E-state index contributed by atoms with van der Waals surface area (Å²) < 4.78 is 5.28. The average molecular weight is 300 g/mol. The van der Waals surface area contributed by atoms with E-state index in [1.807, 2.05) is 38.1 Å². The predicted octanol–water partition coefficient (Wildman–Crippen LogP) is 3.33. The third kappa shape index (κ3) is 4.38. The summed E-state index contributed by atoms with van der Waals surface area (Å²) in [6, 6.07) is 12.1. The molecule has 1 heterocycles. The van der Waals surface area contributed by atoms with Crippen LogP contribution in [-0.2, 0) is 17.8 Å². The molecule has 0 spiro atoms. The van der Waals surface area contributed by atoms with Crippen molar-refractivity contribution in [1.29, 1.82) is 0 Å². The van der Waals surface area contributed by atoms with E-state index in [4.69, 9.17) is 4.42 Å². The summed E-state index contributed by atoms with van der Waals surface area (Å²) in [5.41, 5.74) is 2.31. The minimum atomic E-state index is 0.163. The van der Waals surface area contributed by atoms with Gasteiger partial charge in [-0.25, -0.2) is 0 Å². The first-order valence-electron chi connectivity index (χ1n) is 7.66. The maximum absolute atomic E-state index is 12.3. The highest BCUT2D eigenvalue weighted by atomic mass is 16.3. The van der Waals surface area contributed by atoms with Crippen LogP contribution in [0, 0.1) is 0 Å². The fourth-order valence-electron chi connectivity index (χ4n) is 2.34. The fraction of sp³-hybridized carbons (Fsp3) is 0.389. The highest BCUT2D eigenvalue weighted by Crippen LogP contribution is 2.14. The molecule has 22 heavy (non-hydrogen) atoms. The highest BCUT2D eigenvalue weighted by Gasteiger charge is 2.13. The smallest absolute Gasteiger partial charge is 0.223 e. The molecule has 0 unspecified atom stereocenters. The Morgan fingerprint density at radius 3 is 2.41 bits per heavy atom. The van der Waals surface area contributed by atoms with Gasteiger partial charge in [0.1, 0.15) is 5.76 Å². The zero-order valence-corrected chi connectivity index (χ0v) is 13.6. The maximum Gasteiger partial charge on any atom is 0.223 e. The fourth-order valence-corrected chi connectivity index (χ4v) is 2.34. The minimum Gasteiger partial charge on any atom is -0.469 e. The number of hydrogen-bond acceptors (Lipinski definition) is 3. The van der Waals surface area contributed by atoms with Crippen LogP contribution in [0.1, 0.15) is 24.7 Å². The lowest BCUT2D eigenvalue weighted by Gasteiger charge is -2.21. The first-order valence-corrected chi connectivity index (χ1v) is 7.66. The van der Waals surface area contributed by atoms with Crippen LogP contribution in [0.5, 0.6) is 0 Å². The van der Waals surface area contributed by atoms with Gasteiger partial charge in [-0.1, -0.05) is 12.1 Å². The number of carbonyl (C=O) groups excluding carboxylic acids is 1. The Labute approximate surface area is 132 Å². The van der Waals surface area contributed by atoms with E-state index < -0.39 is 0 Å². The molecule has 0 fully saturated rings. The summed E-state index contributed by atoms with van der Waals surface area (Å²) in [4.78, 5) is 16.3. The topological polar surface area (TPSA) is 36.7 Å². The van der Waals surface area contributed by atoms with E-state index >= 15 is 0 Å². The van der Waals surface area contributed by atoms with Gasteiger partial charge in [-0.3, -0.25) is 4.79 Å². The molecule has 0 bridgehead atoms. The van der Waals surface area contributed by atoms with Crippen molar-refractivity contribution in [3.8, 4) is 0 Å². The molecule has 4 heteroatoms. The number of amides is 1. The van der Waals surface area contributed by atoms with Gasteiger partial charge in [-0.2, -0.15) is 0 Å². The van der Waals surface area contributed by atoms with Crippen molar-refractivity contribution in [3.05, 3.63) is 54.0 Å². The largest absolute Gasteiger partial charge is 0.469 e. The van der Waals surface area contributed by atoms with Gasteiger partial charge in [0.2, 0.25) is 5.91 Å². The zero-order valence-electron chi connectivity index (χ0n) is 13.6. The van der Waals surface area contributed by atoms with Gasteiger partial charge in [0.25, 0.3) is 0 Å². The number of carbonyl (C=O) groups is 1. The second kappa shape index (κ2) is 7.69. The summed E-state index contributed by atoms with van der Waals surface area (Å²) in [5.74, 6) is 1.02. The molecule has 0 N–H and O–H groups in total. The number of hydrogen-bond donors (Lipinski definition) is 0. The second-order valence-electron chi connectivity index (χ2n) is 5.55. The van der Waals surface area contributed by atoms with Gasteiger partial charge in [0, 0.05) is 45.7 Å². The van der Waals surface area contributed by atoms with E-state index in [1.54, 1.807) is 6.26 Å². The van der Waals surface area contributed by atoms with Crippen molar-refractivity contribution in [2.75, 3.05) is 25.5 Å². The number of aryl methyl sites for hydroxylation is 1. The normalized spacial score (nSPS) is 10.5.